The maximum absolute atomic E-state index is 13.0. The molecule has 1 saturated carbocycles. The van der Waals surface area contributed by atoms with Gasteiger partial charge in [-0.1, -0.05) is 22.6 Å². The van der Waals surface area contributed by atoms with Gasteiger partial charge in [-0.25, -0.2) is 0 Å². The van der Waals surface area contributed by atoms with Gasteiger partial charge in [0.05, 0.1) is 17.9 Å². The Hall–Kier alpha value is -2.18. The molecule has 0 aromatic heterocycles. The Morgan fingerprint density at radius 2 is 1.93 bits per heavy atom. The fourth-order valence-electron chi connectivity index (χ4n) is 4.68. The standard InChI is InChI=1S/C19H21IN2O7/c1-22(2)13-10-4-7-3-8(5-20)9(6-23)14(24)11(7)16(26)19(10,29)17(27)12(15(13)25)18(21)28/h5-7,10,13,23,25-26,29H,3-4H2,1-2H3,(H2,21,28)/b8-5+,9-6-/t7?,10?,13-,19-/m0/s1. The number of rotatable bonds is 2. The van der Waals surface area contributed by atoms with Crippen molar-refractivity contribution in [2.45, 2.75) is 24.5 Å². The number of likely N-dealkylation sites (N-methyl/N-ethyl adjacent to an activating group) is 1. The van der Waals surface area contributed by atoms with E-state index in [9.17, 15) is 34.8 Å². The van der Waals surface area contributed by atoms with Crippen LogP contribution >= 0.6 is 22.6 Å². The highest BCUT2D eigenvalue weighted by Crippen LogP contribution is 2.52. The Morgan fingerprint density at radius 3 is 2.41 bits per heavy atom. The van der Waals surface area contributed by atoms with E-state index in [1.54, 1.807) is 18.2 Å². The minimum absolute atomic E-state index is 0.0415. The number of carbonyl (C=O) groups excluding carboxylic acids is 3. The number of fused-ring (bicyclic) bond motifs is 2. The zero-order valence-electron chi connectivity index (χ0n) is 15.7. The van der Waals surface area contributed by atoms with Gasteiger partial charge in [0.2, 0.25) is 5.78 Å². The van der Waals surface area contributed by atoms with E-state index >= 15 is 0 Å². The lowest BCUT2D eigenvalue weighted by Crippen LogP contribution is -2.63. The quantitative estimate of drug-likeness (QED) is 0.155. The van der Waals surface area contributed by atoms with Gasteiger partial charge >= 0.3 is 0 Å². The number of carbonyl (C=O) groups is 3. The number of Topliss-reactive ketones (excluding diaryl/α,β-unsaturated/α-hetero) is 2. The molecule has 0 aliphatic heterocycles. The van der Waals surface area contributed by atoms with Gasteiger partial charge in [-0.15, -0.1) is 0 Å². The van der Waals surface area contributed by atoms with Crippen molar-refractivity contribution in [3.63, 3.8) is 0 Å². The smallest absolute Gasteiger partial charge is 0.255 e. The number of nitrogens with zero attached hydrogens (tertiary/aromatic N) is 1. The van der Waals surface area contributed by atoms with Gasteiger partial charge in [0.1, 0.15) is 17.1 Å². The average molecular weight is 516 g/mol. The molecule has 0 saturated heterocycles. The number of hydrogen-bond acceptors (Lipinski definition) is 8. The molecule has 3 aliphatic rings. The molecule has 1 amide bonds. The molecule has 6 N–H and O–H groups in total. The van der Waals surface area contributed by atoms with E-state index in [0.29, 0.717) is 11.8 Å². The third-order valence-electron chi connectivity index (χ3n) is 5.96. The number of halogens is 1. The summed E-state index contributed by atoms with van der Waals surface area (Å²) in [6, 6.07) is -0.985. The van der Waals surface area contributed by atoms with Gasteiger partial charge in [-0.2, -0.15) is 0 Å². The summed E-state index contributed by atoms with van der Waals surface area (Å²) < 4.78 is 1.64. The zero-order valence-corrected chi connectivity index (χ0v) is 17.9. The average Bonchev–Trinajstić information content (AvgIpc) is 2.63. The first-order valence-electron chi connectivity index (χ1n) is 8.81. The molecule has 3 aliphatic carbocycles. The summed E-state index contributed by atoms with van der Waals surface area (Å²) >= 11 is 1.94. The zero-order chi connectivity index (χ0) is 21.8. The van der Waals surface area contributed by atoms with Crippen LogP contribution in [0.5, 0.6) is 0 Å². The number of amides is 1. The molecule has 3 rings (SSSR count). The number of primary amides is 1. The summed E-state index contributed by atoms with van der Waals surface area (Å²) in [5.74, 6) is -6.19. The van der Waals surface area contributed by atoms with Crippen molar-refractivity contribution < 1.29 is 34.8 Å². The largest absolute Gasteiger partial charge is 0.515 e. The predicted octanol–water partition coefficient (Wildman–Crippen LogP) is 0.710. The number of aliphatic hydroxyl groups excluding tert-OH is 3. The number of ketones is 2. The molecular formula is C19H21IN2O7. The highest BCUT2D eigenvalue weighted by Gasteiger charge is 2.63. The number of allylic oxidation sites excluding steroid dienone is 3. The van der Waals surface area contributed by atoms with Crippen molar-refractivity contribution in [1.82, 2.24) is 4.90 Å². The summed E-state index contributed by atoms with van der Waals surface area (Å²) in [4.78, 5) is 39.3. The summed E-state index contributed by atoms with van der Waals surface area (Å²) in [6.45, 7) is 0. The molecule has 0 aromatic carbocycles. The maximum atomic E-state index is 13.0. The minimum Gasteiger partial charge on any atom is -0.515 e. The normalized spacial score (nSPS) is 35.4. The van der Waals surface area contributed by atoms with Crippen molar-refractivity contribution in [3.05, 3.63) is 44.2 Å². The second-order valence-electron chi connectivity index (χ2n) is 7.64. The molecule has 156 valence electrons. The molecule has 4 atom stereocenters. The van der Waals surface area contributed by atoms with E-state index in [1.165, 1.54) is 4.90 Å². The van der Waals surface area contributed by atoms with E-state index in [-0.39, 0.29) is 24.0 Å². The number of hydrogen-bond donors (Lipinski definition) is 5. The molecule has 0 spiro atoms. The molecule has 9 nitrogen and oxygen atoms in total. The first kappa shape index (κ1) is 21.5. The fourth-order valence-corrected chi connectivity index (χ4v) is 5.27. The van der Waals surface area contributed by atoms with Gasteiger partial charge in [0, 0.05) is 11.5 Å². The molecule has 0 heterocycles. The molecule has 0 aromatic rings. The van der Waals surface area contributed by atoms with E-state index in [2.05, 4.69) is 0 Å². The lowest BCUT2D eigenvalue weighted by molar-refractivity contribution is -0.149. The lowest BCUT2D eigenvalue weighted by atomic mass is 9.58. The van der Waals surface area contributed by atoms with Crippen LogP contribution in [0.15, 0.2) is 44.2 Å². The van der Waals surface area contributed by atoms with Crippen molar-refractivity contribution >= 4 is 40.1 Å². The van der Waals surface area contributed by atoms with Crippen molar-refractivity contribution in [1.29, 1.82) is 0 Å². The summed E-state index contributed by atoms with van der Waals surface area (Å²) in [5.41, 5.74) is 2.19. The van der Waals surface area contributed by atoms with E-state index in [4.69, 9.17) is 5.73 Å². The second-order valence-corrected chi connectivity index (χ2v) is 8.26. The molecule has 29 heavy (non-hydrogen) atoms. The van der Waals surface area contributed by atoms with Crippen LogP contribution in [0.1, 0.15) is 12.8 Å². The Labute approximate surface area is 180 Å². The molecule has 0 radical (unpaired) electrons. The Bertz CT molecular complexity index is 946. The summed E-state index contributed by atoms with van der Waals surface area (Å²) in [5, 5.41) is 42.4. The Kier molecular flexibility index (Phi) is 5.39. The monoisotopic (exact) mass is 516 g/mol. The van der Waals surface area contributed by atoms with Crippen LogP contribution < -0.4 is 5.73 Å². The third kappa shape index (κ3) is 2.84. The van der Waals surface area contributed by atoms with Gasteiger partial charge < -0.3 is 26.2 Å². The van der Waals surface area contributed by atoms with Crippen LogP contribution in [-0.4, -0.2) is 68.5 Å². The number of nitrogens with two attached hydrogens (primary N) is 1. The van der Waals surface area contributed by atoms with Crippen LogP contribution in [0.25, 0.3) is 0 Å². The van der Waals surface area contributed by atoms with E-state index in [0.717, 1.165) is 0 Å². The molecule has 1 fully saturated rings. The van der Waals surface area contributed by atoms with Crippen molar-refractivity contribution in [2.24, 2.45) is 17.6 Å². The van der Waals surface area contributed by atoms with Crippen molar-refractivity contribution in [2.75, 3.05) is 14.1 Å². The van der Waals surface area contributed by atoms with Gasteiger partial charge in [-0.05, 0) is 42.5 Å². The van der Waals surface area contributed by atoms with Gasteiger partial charge in [0.15, 0.2) is 11.4 Å². The maximum Gasteiger partial charge on any atom is 0.255 e. The highest BCUT2D eigenvalue weighted by molar-refractivity contribution is 14.1. The Balaban J connectivity index is 2.29. The van der Waals surface area contributed by atoms with Crippen LogP contribution in [0.2, 0.25) is 0 Å². The van der Waals surface area contributed by atoms with Crippen LogP contribution in [0.4, 0.5) is 0 Å². The number of aliphatic hydroxyl groups is 4. The molecule has 0 bridgehead atoms. The van der Waals surface area contributed by atoms with Crippen LogP contribution in [0, 0.1) is 11.8 Å². The summed E-state index contributed by atoms with van der Waals surface area (Å²) in [6.07, 6.45) is 0.999. The van der Waals surface area contributed by atoms with Crippen molar-refractivity contribution in [3.8, 4) is 0 Å². The SMILES string of the molecule is CN(C)[C@@H]1C(O)=C(C(N)=O)C(=O)[C@@]2(O)C(O)=C3C(=O)C(=C\O)/C(=C/I)CC3CC12. The summed E-state index contributed by atoms with van der Waals surface area (Å²) in [7, 11) is 3.17. The second kappa shape index (κ2) is 7.26. The third-order valence-corrected chi connectivity index (χ3v) is 6.71. The fraction of sp³-hybridized carbons (Fsp3) is 0.421. The van der Waals surface area contributed by atoms with Crippen LogP contribution in [0.3, 0.4) is 0 Å². The topological polar surface area (TPSA) is 161 Å². The van der Waals surface area contributed by atoms with Crippen LogP contribution in [-0.2, 0) is 14.4 Å². The lowest BCUT2D eigenvalue weighted by Gasteiger charge is -2.50. The van der Waals surface area contributed by atoms with Gasteiger partial charge in [0.25, 0.3) is 5.91 Å². The molecule has 2 unspecified atom stereocenters. The predicted molar refractivity (Wildman–Crippen MR) is 110 cm³/mol. The van der Waals surface area contributed by atoms with Gasteiger partial charge in [-0.3, -0.25) is 19.3 Å². The first-order valence-corrected chi connectivity index (χ1v) is 10.1. The first-order chi connectivity index (χ1) is 13.5. The van der Waals surface area contributed by atoms with E-state index < -0.39 is 58.0 Å². The van der Waals surface area contributed by atoms with E-state index in [1.807, 2.05) is 22.6 Å². The molecular weight excluding hydrogens is 495 g/mol. The highest BCUT2D eigenvalue weighted by atomic mass is 127. The molecule has 10 heteroatoms. The Morgan fingerprint density at radius 1 is 1.31 bits per heavy atom. The minimum atomic E-state index is -2.60.